The summed E-state index contributed by atoms with van der Waals surface area (Å²) in [6, 6.07) is 0. The van der Waals surface area contributed by atoms with Crippen molar-refractivity contribution in [3.8, 4) is 0 Å². The van der Waals surface area contributed by atoms with Gasteiger partial charge in [-0.3, -0.25) is 0 Å². The van der Waals surface area contributed by atoms with Gasteiger partial charge in [-0.05, 0) is 0 Å². The third-order valence-electron chi connectivity index (χ3n) is 0. The van der Waals surface area contributed by atoms with Gasteiger partial charge in [0.05, 0.1) is 0 Å². The number of rotatable bonds is 0. The van der Waals surface area contributed by atoms with Crippen molar-refractivity contribution in [3.05, 3.63) is 0 Å². The first-order chi connectivity index (χ1) is 1.73. The van der Waals surface area contributed by atoms with E-state index in [1.165, 1.54) is 0 Å². The van der Waals surface area contributed by atoms with E-state index in [1.807, 2.05) is 0 Å². The Hall–Kier alpha value is 0.139. The average molecular weight is 160 g/mol. The first kappa shape index (κ1) is 16.5. The molecule has 0 fully saturated rings. The molecule has 0 heterocycles. The van der Waals surface area contributed by atoms with Crippen LogP contribution in [0.15, 0.2) is 0 Å². The van der Waals surface area contributed by atoms with Crippen LogP contribution >= 0.6 is 13.5 Å². The van der Waals surface area contributed by atoms with Crippen LogP contribution < -0.4 is 0 Å². The molecule has 43 valence electrons. The number of carboxylic acid groups (broad SMARTS) is 2. The van der Waals surface area contributed by atoms with Gasteiger partial charge in [0, 0.05) is 17.1 Å². The molecular weight excluding hydrogens is 156 g/mol. The first-order valence-corrected chi connectivity index (χ1v) is 0.651. The molecule has 0 rings (SSSR count). The monoisotopic (exact) mass is 159 g/mol. The fourth-order valence-corrected chi connectivity index (χ4v) is 0. The molecule has 1 radical (unpaired) electrons. The Morgan fingerprint density at radius 2 is 1.33 bits per heavy atom. The molecule has 0 saturated carbocycles. The zero-order valence-electron chi connectivity index (χ0n) is 2.60. The van der Waals surface area contributed by atoms with Crippen LogP contribution in [-0.2, 0) is 17.1 Å². The largest absolute Gasteiger partial charge is 0.503 e. The van der Waals surface area contributed by atoms with E-state index in [-0.39, 0.29) is 30.6 Å². The second-order valence-electron chi connectivity index (χ2n) is 0.283. The maximum Gasteiger partial charge on any atom is 0.503 e. The molecule has 0 aliphatic carbocycles. The first-order valence-electron chi connectivity index (χ1n) is 0.651. The van der Waals surface area contributed by atoms with Crippen molar-refractivity contribution in [2.45, 2.75) is 0 Å². The van der Waals surface area contributed by atoms with Crippen LogP contribution in [0.25, 0.3) is 0 Å². The van der Waals surface area contributed by atoms with E-state index in [9.17, 15) is 0 Å². The molecule has 0 bridgehead atoms. The van der Waals surface area contributed by atoms with Crippen molar-refractivity contribution in [2.24, 2.45) is 0 Å². The van der Waals surface area contributed by atoms with Gasteiger partial charge in [0.1, 0.15) is 0 Å². The Bertz CT molecular complexity index is 33.8. The molecule has 3 nitrogen and oxygen atoms in total. The molecule has 0 spiro atoms. The van der Waals surface area contributed by atoms with Crippen molar-refractivity contribution in [3.63, 3.8) is 0 Å². The zero-order chi connectivity index (χ0) is 3.58. The second kappa shape index (κ2) is 8.94. The summed E-state index contributed by atoms with van der Waals surface area (Å²) < 4.78 is 0. The third-order valence-corrected chi connectivity index (χ3v) is 0. The summed E-state index contributed by atoms with van der Waals surface area (Å²) in [5.41, 5.74) is 0. The molecular formula is CH4CuO3S. The van der Waals surface area contributed by atoms with Crippen LogP contribution in [-0.4, -0.2) is 16.4 Å². The number of carbonyl (C=O) groups is 1. The summed E-state index contributed by atoms with van der Waals surface area (Å²) in [5.74, 6) is 0. The fourth-order valence-electron chi connectivity index (χ4n) is 0. The molecule has 0 saturated heterocycles. The molecule has 5 heteroatoms. The van der Waals surface area contributed by atoms with E-state index in [2.05, 4.69) is 0 Å². The van der Waals surface area contributed by atoms with Crippen LogP contribution in [0.5, 0.6) is 0 Å². The maximum atomic E-state index is 8.56. The van der Waals surface area contributed by atoms with Gasteiger partial charge in [0.2, 0.25) is 0 Å². The minimum Gasteiger partial charge on any atom is -0.450 e. The molecule has 6 heavy (non-hydrogen) atoms. The van der Waals surface area contributed by atoms with Crippen molar-refractivity contribution < 1.29 is 32.1 Å². The summed E-state index contributed by atoms with van der Waals surface area (Å²) in [7, 11) is 0. The Morgan fingerprint density at radius 1 is 1.33 bits per heavy atom. The van der Waals surface area contributed by atoms with E-state index < -0.39 is 6.16 Å². The quantitative estimate of drug-likeness (QED) is 0.501. The molecule has 0 atom stereocenters. The normalized spacial score (nSPS) is 4.00. The van der Waals surface area contributed by atoms with Gasteiger partial charge in [0.15, 0.2) is 0 Å². The van der Waals surface area contributed by atoms with Crippen molar-refractivity contribution in [2.75, 3.05) is 0 Å². The van der Waals surface area contributed by atoms with Crippen LogP contribution in [0.4, 0.5) is 4.79 Å². The molecule has 0 aliphatic heterocycles. The van der Waals surface area contributed by atoms with Crippen LogP contribution in [0, 0.1) is 0 Å². The van der Waals surface area contributed by atoms with Crippen molar-refractivity contribution in [1.29, 1.82) is 0 Å². The van der Waals surface area contributed by atoms with Gasteiger partial charge in [-0.2, -0.15) is 13.5 Å². The predicted molar refractivity (Wildman–Crippen MR) is 21.0 cm³/mol. The molecule has 0 aromatic carbocycles. The van der Waals surface area contributed by atoms with Crippen LogP contribution in [0.3, 0.4) is 0 Å². The van der Waals surface area contributed by atoms with E-state index in [0.717, 1.165) is 0 Å². The van der Waals surface area contributed by atoms with Gasteiger partial charge >= 0.3 is 6.16 Å². The molecule has 0 aromatic heterocycles. The summed E-state index contributed by atoms with van der Waals surface area (Å²) in [6.45, 7) is 0. The summed E-state index contributed by atoms with van der Waals surface area (Å²) >= 11 is 0. The van der Waals surface area contributed by atoms with Crippen LogP contribution in [0.1, 0.15) is 0 Å². The minimum atomic E-state index is -1.83. The topological polar surface area (TPSA) is 57.5 Å². The van der Waals surface area contributed by atoms with E-state index in [4.69, 9.17) is 15.0 Å². The smallest absolute Gasteiger partial charge is 0.450 e. The predicted octanol–water partition coefficient (Wildman–Crippen LogP) is 0.333. The summed E-state index contributed by atoms with van der Waals surface area (Å²) in [4.78, 5) is 8.56. The van der Waals surface area contributed by atoms with Gasteiger partial charge < -0.3 is 10.2 Å². The van der Waals surface area contributed by atoms with Gasteiger partial charge in [-0.15, -0.1) is 0 Å². The van der Waals surface area contributed by atoms with Gasteiger partial charge in [-0.25, -0.2) is 4.79 Å². The van der Waals surface area contributed by atoms with E-state index >= 15 is 0 Å². The Kier molecular flexibility index (Phi) is 24.5. The third kappa shape index (κ3) is 2100. The van der Waals surface area contributed by atoms with E-state index in [1.54, 1.807) is 0 Å². The molecule has 0 aliphatic rings. The minimum absolute atomic E-state index is 0. The molecule has 2 N–H and O–H groups in total. The SMILES string of the molecule is O=C(O)O.S.[Cu]. The van der Waals surface area contributed by atoms with Gasteiger partial charge in [-0.1, -0.05) is 0 Å². The molecule has 0 aromatic rings. The van der Waals surface area contributed by atoms with E-state index in [0.29, 0.717) is 0 Å². The molecule has 0 unspecified atom stereocenters. The fraction of sp³-hybridized carbons (Fsp3) is 0. The number of hydrogen-bond acceptors (Lipinski definition) is 1. The van der Waals surface area contributed by atoms with Crippen molar-refractivity contribution in [1.82, 2.24) is 0 Å². The van der Waals surface area contributed by atoms with Crippen LogP contribution in [0.2, 0.25) is 0 Å². The average Bonchev–Trinajstić information content (AvgIpc) is 0.811. The maximum absolute atomic E-state index is 8.56. The second-order valence-corrected chi connectivity index (χ2v) is 0.283. The Morgan fingerprint density at radius 3 is 1.33 bits per heavy atom. The Labute approximate surface area is 52.3 Å². The molecule has 0 amide bonds. The van der Waals surface area contributed by atoms with Gasteiger partial charge in [0.25, 0.3) is 0 Å². The summed E-state index contributed by atoms with van der Waals surface area (Å²) in [5, 5.41) is 13.9. The summed E-state index contributed by atoms with van der Waals surface area (Å²) in [6.07, 6.45) is -1.83. The Balaban J connectivity index is -0.0000000450. The zero-order valence-corrected chi connectivity index (χ0v) is 4.55. The standard InChI is InChI=1S/CH2O3.Cu.H2S/c2-1(3)4;;/h(H2,2,3,4);;1H2. The van der Waals surface area contributed by atoms with Crippen molar-refractivity contribution >= 4 is 19.7 Å². The number of hydrogen-bond donors (Lipinski definition) is 2.